The highest BCUT2D eigenvalue weighted by molar-refractivity contribution is 7.89. The van der Waals surface area contributed by atoms with Crippen molar-refractivity contribution in [3.8, 4) is 0 Å². The van der Waals surface area contributed by atoms with Crippen molar-refractivity contribution < 1.29 is 13.2 Å². The Morgan fingerprint density at radius 2 is 1.59 bits per heavy atom. The van der Waals surface area contributed by atoms with E-state index >= 15 is 0 Å². The molecule has 2 fully saturated rings. The monoisotopic (exact) mass is 344 g/mol. The lowest BCUT2D eigenvalue weighted by molar-refractivity contribution is 0.0229. The Bertz CT molecular complexity index is 592. The largest absolute Gasteiger partial charge is 0.381 e. The van der Waals surface area contributed by atoms with Gasteiger partial charge in [0.05, 0.1) is 4.90 Å². The number of nitrogens with zero attached hydrogens (tertiary/aromatic N) is 2. The van der Waals surface area contributed by atoms with Gasteiger partial charge in [0.1, 0.15) is 0 Å². The summed E-state index contributed by atoms with van der Waals surface area (Å²) in [4.78, 5) is 2.72. The molecule has 0 unspecified atom stereocenters. The number of rotatable bonds is 3. The Morgan fingerprint density at radius 3 is 2.18 bits per heavy atom. The molecule has 0 saturated carbocycles. The maximum absolute atomic E-state index is 12.6. The molecular formula is C15H21ClN2O3S. The second-order valence-corrected chi connectivity index (χ2v) is 8.11. The standard InChI is InChI=1S/C15H21ClN2O3S/c16-13-1-3-15(4-2-13)22(19,20)18-9-7-17(8-10-18)14-5-11-21-12-6-14/h1-4,14H,5-12H2. The predicted octanol–water partition coefficient (Wildman–Crippen LogP) is 1.83. The summed E-state index contributed by atoms with van der Waals surface area (Å²) >= 11 is 5.83. The van der Waals surface area contributed by atoms with Crippen molar-refractivity contribution in [3.05, 3.63) is 29.3 Å². The van der Waals surface area contributed by atoms with Gasteiger partial charge in [-0.25, -0.2) is 8.42 Å². The zero-order valence-electron chi connectivity index (χ0n) is 12.4. The van der Waals surface area contributed by atoms with Gasteiger partial charge in [0.25, 0.3) is 0 Å². The van der Waals surface area contributed by atoms with Crippen LogP contribution in [0.2, 0.25) is 5.02 Å². The fourth-order valence-electron chi connectivity index (χ4n) is 3.12. The van der Waals surface area contributed by atoms with E-state index in [0.717, 1.165) is 39.1 Å². The van der Waals surface area contributed by atoms with Gasteiger partial charge >= 0.3 is 0 Å². The summed E-state index contributed by atoms with van der Waals surface area (Å²) in [7, 11) is -3.41. The zero-order chi connectivity index (χ0) is 15.6. The van der Waals surface area contributed by atoms with Crippen LogP contribution in [-0.2, 0) is 14.8 Å². The lowest BCUT2D eigenvalue weighted by atomic mass is 10.1. The highest BCUT2D eigenvalue weighted by Crippen LogP contribution is 2.22. The molecular weight excluding hydrogens is 324 g/mol. The molecule has 122 valence electrons. The Labute approximate surface area is 136 Å². The van der Waals surface area contributed by atoms with Crippen LogP contribution in [0.4, 0.5) is 0 Å². The van der Waals surface area contributed by atoms with Crippen LogP contribution in [-0.4, -0.2) is 63.1 Å². The van der Waals surface area contributed by atoms with Crippen LogP contribution in [0.1, 0.15) is 12.8 Å². The highest BCUT2D eigenvalue weighted by Gasteiger charge is 2.31. The molecule has 3 rings (SSSR count). The van der Waals surface area contributed by atoms with E-state index in [2.05, 4.69) is 4.90 Å². The number of hydrogen-bond donors (Lipinski definition) is 0. The van der Waals surface area contributed by atoms with Crippen LogP contribution in [0.25, 0.3) is 0 Å². The van der Waals surface area contributed by atoms with Gasteiger partial charge in [-0.3, -0.25) is 4.90 Å². The first-order valence-corrected chi connectivity index (χ1v) is 9.47. The Morgan fingerprint density at radius 1 is 1.00 bits per heavy atom. The molecule has 0 amide bonds. The maximum Gasteiger partial charge on any atom is 0.243 e. The van der Waals surface area contributed by atoms with Crippen LogP contribution in [0.15, 0.2) is 29.2 Å². The van der Waals surface area contributed by atoms with Crippen molar-refractivity contribution in [3.63, 3.8) is 0 Å². The molecule has 2 saturated heterocycles. The third-order valence-electron chi connectivity index (χ3n) is 4.43. The van der Waals surface area contributed by atoms with Gasteiger partial charge in [0, 0.05) is 50.5 Å². The number of sulfonamides is 1. The second kappa shape index (κ2) is 6.84. The number of piperazine rings is 1. The first-order chi connectivity index (χ1) is 10.6. The molecule has 1 aromatic carbocycles. The van der Waals surface area contributed by atoms with E-state index in [1.807, 2.05) is 0 Å². The molecule has 7 heteroatoms. The fraction of sp³-hybridized carbons (Fsp3) is 0.600. The minimum atomic E-state index is -3.41. The van der Waals surface area contributed by atoms with E-state index in [1.165, 1.54) is 0 Å². The lowest BCUT2D eigenvalue weighted by Crippen LogP contribution is -2.52. The van der Waals surface area contributed by atoms with Crippen molar-refractivity contribution in [1.82, 2.24) is 9.21 Å². The van der Waals surface area contributed by atoms with Crippen LogP contribution in [0.3, 0.4) is 0 Å². The summed E-state index contributed by atoms with van der Waals surface area (Å²) in [5.41, 5.74) is 0. The summed E-state index contributed by atoms with van der Waals surface area (Å²) < 4.78 is 32.2. The van der Waals surface area contributed by atoms with Gasteiger partial charge in [-0.05, 0) is 37.1 Å². The third kappa shape index (κ3) is 3.46. The molecule has 0 spiro atoms. The summed E-state index contributed by atoms with van der Waals surface area (Å²) in [6.45, 7) is 4.29. The molecule has 0 radical (unpaired) electrons. The van der Waals surface area contributed by atoms with Crippen molar-refractivity contribution >= 4 is 21.6 Å². The third-order valence-corrected chi connectivity index (χ3v) is 6.60. The number of hydrogen-bond acceptors (Lipinski definition) is 4. The smallest absolute Gasteiger partial charge is 0.243 e. The van der Waals surface area contributed by atoms with Crippen molar-refractivity contribution in [1.29, 1.82) is 0 Å². The second-order valence-electron chi connectivity index (χ2n) is 5.74. The maximum atomic E-state index is 12.6. The van der Waals surface area contributed by atoms with Crippen molar-refractivity contribution in [2.45, 2.75) is 23.8 Å². The van der Waals surface area contributed by atoms with E-state index in [4.69, 9.17) is 16.3 Å². The molecule has 0 bridgehead atoms. The Hall–Kier alpha value is -0.660. The summed E-state index contributed by atoms with van der Waals surface area (Å²) in [6.07, 6.45) is 2.09. The Kier molecular flexibility index (Phi) is 5.04. The topological polar surface area (TPSA) is 49.9 Å². The summed E-state index contributed by atoms with van der Waals surface area (Å²) in [6, 6.07) is 6.92. The van der Waals surface area contributed by atoms with Crippen molar-refractivity contribution in [2.24, 2.45) is 0 Å². The molecule has 22 heavy (non-hydrogen) atoms. The average molecular weight is 345 g/mol. The summed E-state index contributed by atoms with van der Waals surface area (Å²) in [5, 5.41) is 0.545. The van der Waals surface area contributed by atoms with Crippen LogP contribution in [0, 0.1) is 0 Å². The molecule has 5 nitrogen and oxygen atoms in total. The van der Waals surface area contributed by atoms with E-state index in [9.17, 15) is 8.42 Å². The quantitative estimate of drug-likeness (QED) is 0.839. The normalized spacial score (nSPS) is 22.8. The minimum absolute atomic E-state index is 0.316. The van der Waals surface area contributed by atoms with Gasteiger partial charge in [-0.15, -0.1) is 0 Å². The molecule has 2 aliphatic heterocycles. The molecule has 0 aromatic heterocycles. The molecule has 0 atom stereocenters. The van der Waals surface area contributed by atoms with E-state index in [1.54, 1.807) is 28.6 Å². The number of benzene rings is 1. The van der Waals surface area contributed by atoms with Crippen LogP contribution >= 0.6 is 11.6 Å². The molecule has 0 aliphatic carbocycles. The summed E-state index contributed by atoms with van der Waals surface area (Å²) in [5.74, 6) is 0. The van der Waals surface area contributed by atoms with Gasteiger partial charge in [0.15, 0.2) is 0 Å². The SMILES string of the molecule is O=S(=O)(c1ccc(Cl)cc1)N1CCN(C2CCOCC2)CC1. The van der Waals surface area contributed by atoms with Crippen LogP contribution in [0.5, 0.6) is 0 Å². The first kappa shape index (κ1) is 16.2. The predicted molar refractivity (Wildman–Crippen MR) is 85.6 cm³/mol. The van der Waals surface area contributed by atoms with E-state index in [-0.39, 0.29) is 0 Å². The first-order valence-electron chi connectivity index (χ1n) is 7.65. The van der Waals surface area contributed by atoms with E-state index < -0.39 is 10.0 Å². The Balaban J connectivity index is 1.63. The molecule has 2 heterocycles. The zero-order valence-corrected chi connectivity index (χ0v) is 14.0. The van der Waals surface area contributed by atoms with Crippen LogP contribution < -0.4 is 0 Å². The molecule has 1 aromatic rings. The van der Waals surface area contributed by atoms with E-state index in [0.29, 0.717) is 29.0 Å². The van der Waals surface area contributed by atoms with Gasteiger partial charge < -0.3 is 4.74 Å². The highest BCUT2D eigenvalue weighted by atomic mass is 35.5. The van der Waals surface area contributed by atoms with Crippen molar-refractivity contribution in [2.75, 3.05) is 39.4 Å². The van der Waals surface area contributed by atoms with Gasteiger partial charge in [-0.2, -0.15) is 4.31 Å². The average Bonchev–Trinajstić information content (AvgIpc) is 2.56. The lowest BCUT2D eigenvalue weighted by Gasteiger charge is -2.40. The molecule has 0 N–H and O–H groups in total. The number of ether oxygens (including phenoxy) is 1. The minimum Gasteiger partial charge on any atom is -0.381 e. The fourth-order valence-corrected chi connectivity index (χ4v) is 4.66. The van der Waals surface area contributed by atoms with Gasteiger partial charge in [0.2, 0.25) is 10.0 Å². The van der Waals surface area contributed by atoms with Gasteiger partial charge in [-0.1, -0.05) is 11.6 Å². The molecule has 2 aliphatic rings. The number of halogens is 1.